The van der Waals surface area contributed by atoms with E-state index in [1.165, 1.54) is 6.42 Å². The van der Waals surface area contributed by atoms with Crippen molar-refractivity contribution in [3.05, 3.63) is 64.5 Å². The van der Waals surface area contributed by atoms with E-state index in [-0.39, 0.29) is 5.91 Å². The van der Waals surface area contributed by atoms with Crippen LogP contribution in [-0.2, 0) is 0 Å². The first-order valence-corrected chi connectivity index (χ1v) is 8.99. The van der Waals surface area contributed by atoms with Gasteiger partial charge >= 0.3 is 0 Å². The highest BCUT2D eigenvalue weighted by molar-refractivity contribution is 6.34. The molecule has 26 heavy (non-hydrogen) atoms. The van der Waals surface area contributed by atoms with Gasteiger partial charge in [-0.05, 0) is 49.6 Å². The van der Waals surface area contributed by atoms with Crippen LogP contribution in [0.1, 0.15) is 47.0 Å². The van der Waals surface area contributed by atoms with E-state index >= 15 is 0 Å². The summed E-state index contributed by atoms with van der Waals surface area (Å²) in [7, 11) is 0. The lowest BCUT2D eigenvalue weighted by Gasteiger charge is -2.20. The molecule has 1 amide bonds. The lowest BCUT2D eigenvalue weighted by atomic mass is 9.85. The molecule has 3 aromatic rings. The van der Waals surface area contributed by atoms with Gasteiger partial charge in [-0.2, -0.15) is 4.98 Å². The Morgan fingerprint density at radius 3 is 2.81 bits per heavy atom. The third kappa shape index (κ3) is 3.35. The van der Waals surface area contributed by atoms with Crippen LogP contribution in [0.3, 0.4) is 0 Å². The quantitative estimate of drug-likeness (QED) is 0.686. The molecular weight excluding hydrogens is 350 g/mol. The smallest absolute Gasteiger partial charge is 0.255 e. The fourth-order valence-electron chi connectivity index (χ4n) is 2.89. The highest BCUT2D eigenvalue weighted by Gasteiger charge is 2.25. The maximum atomic E-state index is 12.6. The minimum absolute atomic E-state index is 0.236. The number of carbonyl (C=O) groups excluding carboxylic acids is 1. The Hall–Kier alpha value is -2.66. The van der Waals surface area contributed by atoms with Gasteiger partial charge in [0.1, 0.15) is 0 Å². The number of anilines is 1. The normalized spacial score (nSPS) is 14.1. The second-order valence-corrected chi connectivity index (χ2v) is 7.01. The number of carbonyl (C=O) groups is 1. The number of nitrogens with zero attached hydrogens (tertiary/aromatic N) is 2. The van der Waals surface area contributed by atoms with Crippen LogP contribution in [0.2, 0.25) is 5.02 Å². The monoisotopic (exact) mass is 367 g/mol. The first kappa shape index (κ1) is 16.8. The number of nitrogens with one attached hydrogen (secondary N) is 1. The minimum Gasteiger partial charge on any atom is -0.339 e. The Bertz CT molecular complexity index is 963. The summed E-state index contributed by atoms with van der Waals surface area (Å²) >= 11 is 6.19. The van der Waals surface area contributed by atoms with Crippen LogP contribution >= 0.6 is 11.6 Å². The predicted molar refractivity (Wildman–Crippen MR) is 100 cm³/mol. The second kappa shape index (κ2) is 6.92. The zero-order chi connectivity index (χ0) is 18.1. The SMILES string of the molecule is Cc1ccc(NC(=O)c2cccc(-c3noc(C4CCC4)n3)c2)c(Cl)c1. The number of benzene rings is 2. The Morgan fingerprint density at radius 1 is 1.23 bits per heavy atom. The standard InChI is InChI=1S/C20H18ClN3O2/c1-12-8-9-17(16(21)10-12)22-19(25)15-7-3-6-14(11-15)18-23-20(26-24-18)13-4-2-5-13/h3,6-11,13H,2,4-5H2,1H3,(H,22,25). The molecular formula is C20H18ClN3O2. The molecule has 4 rings (SSSR count). The fourth-order valence-corrected chi connectivity index (χ4v) is 3.17. The van der Waals surface area contributed by atoms with E-state index in [4.69, 9.17) is 16.1 Å². The summed E-state index contributed by atoms with van der Waals surface area (Å²) in [6.07, 6.45) is 3.41. The zero-order valence-corrected chi connectivity index (χ0v) is 15.1. The van der Waals surface area contributed by atoms with Gasteiger partial charge < -0.3 is 9.84 Å². The van der Waals surface area contributed by atoms with Crippen LogP contribution in [0, 0.1) is 6.92 Å². The maximum Gasteiger partial charge on any atom is 0.255 e. The molecule has 5 nitrogen and oxygen atoms in total. The molecule has 0 atom stereocenters. The fraction of sp³-hybridized carbons (Fsp3) is 0.250. The van der Waals surface area contributed by atoms with E-state index in [0.29, 0.717) is 33.9 Å². The highest BCUT2D eigenvalue weighted by atomic mass is 35.5. The van der Waals surface area contributed by atoms with Gasteiger partial charge in [-0.25, -0.2) is 0 Å². The van der Waals surface area contributed by atoms with E-state index in [9.17, 15) is 4.79 Å². The third-order valence-corrected chi connectivity index (χ3v) is 4.96. The molecule has 1 aromatic heterocycles. The molecule has 132 valence electrons. The minimum atomic E-state index is -0.236. The van der Waals surface area contributed by atoms with Crippen molar-refractivity contribution in [2.45, 2.75) is 32.1 Å². The molecule has 0 unspecified atom stereocenters. The van der Waals surface area contributed by atoms with Crippen LogP contribution in [0.15, 0.2) is 47.0 Å². The zero-order valence-electron chi connectivity index (χ0n) is 14.3. The van der Waals surface area contributed by atoms with Gasteiger partial charge in [0.2, 0.25) is 11.7 Å². The van der Waals surface area contributed by atoms with Crippen LogP contribution in [0.5, 0.6) is 0 Å². The van der Waals surface area contributed by atoms with Crippen molar-refractivity contribution in [1.82, 2.24) is 10.1 Å². The second-order valence-electron chi connectivity index (χ2n) is 6.60. The molecule has 0 radical (unpaired) electrons. The maximum absolute atomic E-state index is 12.6. The highest BCUT2D eigenvalue weighted by Crippen LogP contribution is 2.36. The predicted octanol–water partition coefficient (Wildman–Crippen LogP) is 5.22. The van der Waals surface area contributed by atoms with E-state index in [1.54, 1.807) is 24.3 Å². The molecule has 0 spiro atoms. The topological polar surface area (TPSA) is 68.0 Å². The number of aromatic nitrogens is 2. The number of amides is 1. The van der Waals surface area contributed by atoms with Crippen LogP contribution in [0.25, 0.3) is 11.4 Å². The van der Waals surface area contributed by atoms with E-state index in [1.807, 2.05) is 25.1 Å². The van der Waals surface area contributed by atoms with Gasteiger partial charge in [0.05, 0.1) is 10.7 Å². The molecule has 0 aliphatic heterocycles. The first-order valence-electron chi connectivity index (χ1n) is 8.62. The number of hydrogen-bond donors (Lipinski definition) is 1. The van der Waals surface area contributed by atoms with E-state index < -0.39 is 0 Å². The van der Waals surface area contributed by atoms with Crippen molar-refractivity contribution in [3.8, 4) is 11.4 Å². The third-order valence-electron chi connectivity index (χ3n) is 4.65. The molecule has 1 N–H and O–H groups in total. The van der Waals surface area contributed by atoms with E-state index in [2.05, 4.69) is 15.5 Å². The molecule has 1 aliphatic carbocycles. The van der Waals surface area contributed by atoms with Crippen molar-refractivity contribution in [1.29, 1.82) is 0 Å². The summed E-state index contributed by atoms with van der Waals surface area (Å²) in [5, 5.41) is 7.41. The summed E-state index contributed by atoms with van der Waals surface area (Å²) < 4.78 is 5.37. The molecule has 2 aromatic carbocycles. The largest absolute Gasteiger partial charge is 0.339 e. The van der Waals surface area contributed by atoms with Crippen molar-refractivity contribution >= 4 is 23.2 Å². The van der Waals surface area contributed by atoms with Crippen molar-refractivity contribution in [3.63, 3.8) is 0 Å². The molecule has 1 fully saturated rings. The lowest BCUT2D eigenvalue weighted by Crippen LogP contribution is -2.12. The Labute approximate surface area is 156 Å². The Kier molecular flexibility index (Phi) is 4.47. The Morgan fingerprint density at radius 2 is 2.08 bits per heavy atom. The van der Waals surface area contributed by atoms with Gasteiger partial charge in [0.25, 0.3) is 5.91 Å². The number of rotatable bonds is 4. The molecule has 1 aliphatic rings. The average molecular weight is 368 g/mol. The summed E-state index contributed by atoms with van der Waals surface area (Å²) in [6.45, 7) is 1.95. The number of halogens is 1. The molecule has 0 saturated heterocycles. The van der Waals surface area contributed by atoms with Gasteiger partial charge in [0, 0.05) is 17.0 Å². The van der Waals surface area contributed by atoms with Gasteiger partial charge in [-0.3, -0.25) is 4.79 Å². The van der Waals surface area contributed by atoms with Crippen molar-refractivity contribution in [2.75, 3.05) is 5.32 Å². The molecule has 1 heterocycles. The summed E-state index contributed by atoms with van der Waals surface area (Å²) in [5.41, 5.74) is 2.88. The Balaban J connectivity index is 1.54. The molecule has 6 heteroatoms. The molecule has 1 saturated carbocycles. The van der Waals surface area contributed by atoms with Crippen LogP contribution in [-0.4, -0.2) is 16.0 Å². The lowest BCUT2D eigenvalue weighted by molar-refractivity contribution is 0.102. The van der Waals surface area contributed by atoms with Gasteiger partial charge in [-0.15, -0.1) is 0 Å². The summed E-state index contributed by atoms with van der Waals surface area (Å²) in [5.74, 6) is 1.34. The summed E-state index contributed by atoms with van der Waals surface area (Å²) in [4.78, 5) is 17.0. The van der Waals surface area contributed by atoms with Gasteiger partial charge in [0.15, 0.2) is 0 Å². The molecule has 0 bridgehead atoms. The van der Waals surface area contributed by atoms with Crippen LogP contribution < -0.4 is 5.32 Å². The average Bonchev–Trinajstić information content (AvgIpc) is 3.05. The van der Waals surface area contributed by atoms with Crippen molar-refractivity contribution < 1.29 is 9.32 Å². The van der Waals surface area contributed by atoms with Crippen molar-refractivity contribution in [2.24, 2.45) is 0 Å². The summed E-state index contributed by atoms with van der Waals surface area (Å²) in [6, 6.07) is 12.7. The van der Waals surface area contributed by atoms with E-state index in [0.717, 1.165) is 24.0 Å². The van der Waals surface area contributed by atoms with Crippen LogP contribution in [0.4, 0.5) is 5.69 Å². The number of aryl methyl sites for hydroxylation is 1. The van der Waals surface area contributed by atoms with Gasteiger partial charge in [-0.1, -0.05) is 41.4 Å². The first-order chi connectivity index (χ1) is 12.6. The number of hydrogen-bond acceptors (Lipinski definition) is 4.